The number of aliphatic hydroxyl groups excluding tert-OH is 1. The maximum Gasteiger partial charge on any atom is 0.328 e. The van der Waals surface area contributed by atoms with Crippen LogP contribution >= 0.6 is 0 Å². The van der Waals surface area contributed by atoms with Crippen molar-refractivity contribution in [3.05, 3.63) is 102 Å². The number of nitrogens with zero attached hydrogens (tertiary/aromatic N) is 8. The summed E-state index contributed by atoms with van der Waals surface area (Å²) in [5, 5.41) is 27.6. The summed E-state index contributed by atoms with van der Waals surface area (Å²) < 4.78 is 5.31. The van der Waals surface area contributed by atoms with Crippen LogP contribution in [0.3, 0.4) is 0 Å². The highest BCUT2D eigenvalue weighted by atomic mass is 16.5. The Morgan fingerprint density at radius 1 is 0.875 bits per heavy atom. The van der Waals surface area contributed by atoms with Crippen LogP contribution in [0.1, 0.15) is 72.7 Å². The molecule has 3 aromatic heterocycles. The summed E-state index contributed by atoms with van der Waals surface area (Å²) in [6.07, 6.45) is 6.06. The molecule has 6 heterocycles. The van der Waals surface area contributed by atoms with Gasteiger partial charge in [-0.25, -0.2) is 9.78 Å². The number of nitrogens with one attached hydrogen (secondary N) is 3. The number of urea groups is 1. The van der Waals surface area contributed by atoms with Crippen molar-refractivity contribution in [2.75, 3.05) is 73.7 Å². The molecular weight excluding hydrogens is 811 g/mol. The number of carbonyl (C=O) groups excluding carboxylic acids is 3. The summed E-state index contributed by atoms with van der Waals surface area (Å²) in [6, 6.07) is 24.6. The van der Waals surface area contributed by atoms with E-state index in [1.807, 2.05) is 44.3 Å². The van der Waals surface area contributed by atoms with Crippen molar-refractivity contribution in [2.24, 2.45) is 5.92 Å². The second-order valence-corrected chi connectivity index (χ2v) is 17.9. The molecule has 0 spiro atoms. The van der Waals surface area contributed by atoms with Crippen molar-refractivity contribution >= 4 is 45.9 Å². The molecule has 0 bridgehead atoms. The number of piperazine rings is 1. The lowest BCUT2D eigenvalue weighted by Crippen LogP contribution is -2.49. The molecule has 4 amide bonds. The summed E-state index contributed by atoms with van der Waals surface area (Å²) in [5.41, 5.74) is 9.29. The predicted octanol–water partition coefficient (Wildman–Crippen LogP) is 5.98. The molecule has 4 aliphatic rings. The van der Waals surface area contributed by atoms with E-state index in [0.717, 1.165) is 116 Å². The number of fused-ring (bicyclic) bond motifs is 1. The third-order valence-corrected chi connectivity index (χ3v) is 13.7. The highest BCUT2D eigenvalue weighted by molar-refractivity contribution is 6.05. The van der Waals surface area contributed by atoms with E-state index in [4.69, 9.17) is 9.51 Å². The molecule has 4 N–H and O–H groups in total. The number of hydrogen-bond donors (Lipinski definition) is 4. The van der Waals surface area contributed by atoms with Gasteiger partial charge in [0.1, 0.15) is 0 Å². The number of aromatic nitrogens is 5. The number of pyridine rings is 1. The number of piperidine rings is 1. The van der Waals surface area contributed by atoms with Crippen LogP contribution in [0, 0.1) is 12.8 Å². The first-order valence-corrected chi connectivity index (χ1v) is 22.4. The van der Waals surface area contributed by atoms with Gasteiger partial charge in [0.05, 0.1) is 23.8 Å². The van der Waals surface area contributed by atoms with Gasteiger partial charge in [0, 0.05) is 98.6 Å². The minimum Gasteiger partial charge on any atom is -0.395 e. The first kappa shape index (κ1) is 41.4. The molecule has 1 atom stereocenters. The second kappa shape index (κ2) is 17.1. The highest BCUT2D eigenvalue weighted by Gasteiger charge is 2.49. The van der Waals surface area contributed by atoms with Crippen molar-refractivity contribution in [1.29, 1.82) is 0 Å². The molecule has 3 saturated heterocycles. The van der Waals surface area contributed by atoms with Gasteiger partial charge < -0.3 is 24.7 Å². The average Bonchev–Trinajstić information content (AvgIpc) is 3.73. The Morgan fingerprint density at radius 2 is 1.56 bits per heavy atom. The lowest BCUT2D eigenvalue weighted by atomic mass is 9.95. The van der Waals surface area contributed by atoms with E-state index in [9.17, 15) is 19.5 Å². The smallest absolute Gasteiger partial charge is 0.328 e. The number of carbonyl (C=O) groups is 3. The van der Waals surface area contributed by atoms with Gasteiger partial charge in [0.25, 0.3) is 11.7 Å². The molecule has 16 nitrogen and oxygen atoms in total. The summed E-state index contributed by atoms with van der Waals surface area (Å²) in [4.78, 5) is 54.9. The third-order valence-electron chi connectivity index (χ3n) is 13.7. The van der Waals surface area contributed by atoms with E-state index in [1.165, 1.54) is 11.4 Å². The van der Waals surface area contributed by atoms with Crippen molar-refractivity contribution in [3.8, 4) is 22.4 Å². The maximum atomic E-state index is 13.0. The monoisotopic (exact) mass is 863 g/mol. The van der Waals surface area contributed by atoms with Gasteiger partial charge in [-0.3, -0.25) is 29.8 Å². The number of H-pyrrole nitrogens is 1. The number of benzene rings is 3. The number of hydrogen-bond acceptors (Lipinski definition) is 12. The summed E-state index contributed by atoms with van der Waals surface area (Å²) in [7, 11) is 0. The minimum atomic E-state index is -0.498. The van der Waals surface area contributed by atoms with Crippen LogP contribution in [-0.4, -0.2) is 112 Å². The first-order chi connectivity index (χ1) is 31.1. The Hall–Kier alpha value is -6.65. The summed E-state index contributed by atoms with van der Waals surface area (Å²) in [6.45, 7) is 11.5. The van der Waals surface area contributed by atoms with Crippen LogP contribution in [0.15, 0.2) is 83.5 Å². The lowest BCUT2D eigenvalue weighted by Gasteiger charge is -2.40. The van der Waals surface area contributed by atoms with Crippen LogP contribution in [0.25, 0.3) is 33.4 Å². The number of amides is 4. The fourth-order valence-corrected chi connectivity index (χ4v) is 9.50. The number of rotatable bonds is 12. The Bertz CT molecular complexity index is 2680. The first-order valence-electron chi connectivity index (χ1n) is 22.4. The molecule has 6 aromatic rings. The molecular formula is C48H53N11O5. The molecule has 3 aliphatic heterocycles. The zero-order valence-electron chi connectivity index (χ0n) is 36.2. The van der Waals surface area contributed by atoms with Crippen LogP contribution in [0.4, 0.5) is 21.9 Å². The highest BCUT2D eigenvalue weighted by Crippen LogP contribution is 2.46. The molecule has 10 rings (SSSR count). The van der Waals surface area contributed by atoms with Gasteiger partial charge in [-0.1, -0.05) is 29.4 Å². The summed E-state index contributed by atoms with van der Waals surface area (Å²) >= 11 is 0. The topological polar surface area (TPSA) is 189 Å². The minimum absolute atomic E-state index is 0.0358. The van der Waals surface area contributed by atoms with Gasteiger partial charge in [-0.15, -0.1) is 0 Å². The number of aliphatic hydroxyl groups is 1. The van der Waals surface area contributed by atoms with Gasteiger partial charge in [0.15, 0.2) is 5.65 Å². The van der Waals surface area contributed by atoms with Gasteiger partial charge >= 0.3 is 6.03 Å². The van der Waals surface area contributed by atoms with Crippen molar-refractivity contribution in [1.82, 2.24) is 40.9 Å². The third kappa shape index (κ3) is 8.30. The van der Waals surface area contributed by atoms with Crippen molar-refractivity contribution < 1.29 is 24.0 Å². The van der Waals surface area contributed by atoms with Crippen LogP contribution in [0.5, 0.6) is 0 Å². The Morgan fingerprint density at radius 3 is 2.25 bits per heavy atom. The van der Waals surface area contributed by atoms with E-state index in [1.54, 1.807) is 4.90 Å². The van der Waals surface area contributed by atoms with Crippen LogP contribution in [-0.2, 0) is 10.2 Å². The van der Waals surface area contributed by atoms with Crippen molar-refractivity contribution in [2.45, 2.75) is 57.4 Å². The second-order valence-electron chi connectivity index (χ2n) is 17.9. The quantitative estimate of drug-likeness (QED) is 0.113. The molecule has 1 aliphatic carbocycles. The number of aryl methyl sites for hydroxylation is 1. The number of imide groups is 1. The molecule has 16 heteroatoms. The number of aromatic amines is 1. The molecule has 1 unspecified atom stereocenters. The van der Waals surface area contributed by atoms with Crippen LogP contribution in [0.2, 0.25) is 0 Å². The molecule has 64 heavy (non-hydrogen) atoms. The lowest BCUT2D eigenvalue weighted by molar-refractivity contribution is -0.120. The summed E-state index contributed by atoms with van der Waals surface area (Å²) in [5.74, 6) is 0.310. The fourth-order valence-electron chi connectivity index (χ4n) is 9.50. The van der Waals surface area contributed by atoms with E-state index < -0.39 is 11.3 Å². The zero-order chi connectivity index (χ0) is 44.0. The Balaban J connectivity index is 0.714. The standard InChI is InChI=1S/C48H53N11O5/c1-30-25-34(5-12-39(30)31(2)50-45(62)44-52-46(64-55-44)48(29-60)16-17-48)42-40-26-35(27-49-43(40)54-53-42)33-3-6-36(7-4-33)58-23-21-56(22-24-58)28-32-13-18-57(19-14-32)37-8-10-38(11-9-37)59-20-15-41(61)51-47(59)63/h3-12,25-27,31-32,60H,13-24,28-29H2,1-2H3,(H,50,62)(H,49,53,54)(H,51,61,63). The SMILES string of the molecule is Cc1cc(-c2[nH]nc3ncc(-c4ccc(N5CCN(CC6CCN(c7ccc(N8CCC(=O)NC8=O)cc7)CC6)CC5)cc4)cc23)ccc1C(C)NC(=O)c1noc(C2(CO)CC2)n1. The van der Waals surface area contributed by atoms with Gasteiger partial charge in [0.2, 0.25) is 11.8 Å². The molecule has 3 aromatic carbocycles. The number of anilines is 3. The van der Waals surface area contributed by atoms with Crippen LogP contribution < -0.4 is 25.3 Å². The van der Waals surface area contributed by atoms with E-state index >= 15 is 0 Å². The molecule has 1 saturated carbocycles. The van der Waals surface area contributed by atoms with E-state index in [0.29, 0.717) is 30.4 Å². The maximum absolute atomic E-state index is 13.0. The molecule has 4 fully saturated rings. The fraction of sp³-hybridized carbons (Fsp3) is 0.396. The van der Waals surface area contributed by atoms with Crippen molar-refractivity contribution in [3.63, 3.8) is 0 Å². The van der Waals surface area contributed by atoms with E-state index in [2.05, 4.69) is 94.2 Å². The molecule has 330 valence electrons. The Labute approximate surface area is 371 Å². The normalized spacial score (nSPS) is 18.6. The predicted molar refractivity (Wildman–Crippen MR) is 243 cm³/mol. The molecule has 0 radical (unpaired) electrons. The van der Waals surface area contributed by atoms with Gasteiger partial charge in [-0.2, -0.15) is 10.1 Å². The van der Waals surface area contributed by atoms with Gasteiger partial charge in [-0.05, 0) is 111 Å². The largest absolute Gasteiger partial charge is 0.395 e. The Kier molecular flexibility index (Phi) is 11.1. The van der Waals surface area contributed by atoms with E-state index in [-0.39, 0.29) is 30.4 Å². The zero-order valence-corrected chi connectivity index (χ0v) is 36.2. The average molecular weight is 864 g/mol.